The average molecular weight is 237 g/mol. The van der Waals surface area contributed by atoms with Gasteiger partial charge in [-0.3, -0.25) is 0 Å². The summed E-state index contributed by atoms with van der Waals surface area (Å²) in [6.45, 7) is 4.78. The van der Waals surface area contributed by atoms with Gasteiger partial charge in [-0.2, -0.15) is 0 Å². The molecule has 17 heavy (non-hydrogen) atoms. The predicted octanol–water partition coefficient (Wildman–Crippen LogP) is 2.97. The van der Waals surface area contributed by atoms with Crippen LogP contribution < -0.4 is 4.90 Å². The number of halogens is 1. The van der Waals surface area contributed by atoms with E-state index in [1.54, 1.807) is 13.0 Å². The Kier molecular flexibility index (Phi) is 3.38. The van der Waals surface area contributed by atoms with Crippen LogP contribution in [0.5, 0.6) is 0 Å². The van der Waals surface area contributed by atoms with Crippen molar-refractivity contribution in [2.24, 2.45) is 11.8 Å². The maximum absolute atomic E-state index is 13.7. The number of hydrogen-bond acceptors (Lipinski definition) is 2. The molecule has 2 rings (SSSR count). The van der Waals surface area contributed by atoms with Crippen molar-refractivity contribution < 1.29 is 9.50 Å². The number of nitrogens with zero attached hydrogens (tertiary/aromatic N) is 1. The van der Waals surface area contributed by atoms with E-state index in [1.807, 2.05) is 13.1 Å². The summed E-state index contributed by atoms with van der Waals surface area (Å²) in [6, 6.07) is 4.97. The van der Waals surface area contributed by atoms with Crippen LogP contribution in [0.25, 0.3) is 0 Å². The number of benzene rings is 1. The predicted molar refractivity (Wildman–Crippen MR) is 67.6 cm³/mol. The van der Waals surface area contributed by atoms with Gasteiger partial charge in [0.2, 0.25) is 0 Å². The fourth-order valence-electron chi connectivity index (χ4n) is 2.38. The molecule has 0 bridgehead atoms. The molecule has 1 aliphatic carbocycles. The van der Waals surface area contributed by atoms with Gasteiger partial charge in [-0.25, -0.2) is 4.39 Å². The molecule has 0 radical (unpaired) electrons. The second kappa shape index (κ2) is 4.65. The molecule has 3 unspecified atom stereocenters. The second-order valence-corrected chi connectivity index (χ2v) is 5.20. The van der Waals surface area contributed by atoms with Crippen molar-refractivity contribution in [3.05, 3.63) is 29.6 Å². The maximum Gasteiger partial charge on any atom is 0.131 e. The van der Waals surface area contributed by atoms with Crippen LogP contribution in [-0.4, -0.2) is 18.7 Å². The van der Waals surface area contributed by atoms with Crippen LogP contribution >= 0.6 is 0 Å². The minimum atomic E-state index is -0.773. The summed E-state index contributed by atoms with van der Waals surface area (Å²) in [4.78, 5) is 2.05. The molecule has 1 aromatic carbocycles. The van der Waals surface area contributed by atoms with Crippen LogP contribution in [0.15, 0.2) is 18.2 Å². The fourth-order valence-corrected chi connectivity index (χ4v) is 2.38. The Balaban J connectivity index is 2.21. The van der Waals surface area contributed by atoms with Gasteiger partial charge >= 0.3 is 0 Å². The van der Waals surface area contributed by atoms with Gasteiger partial charge in [0.25, 0.3) is 0 Å². The van der Waals surface area contributed by atoms with Crippen molar-refractivity contribution in [2.45, 2.75) is 26.4 Å². The molecule has 94 valence electrons. The largest absolute Gasteiger partial charge is 0.389 e. The van der Waals surface area contributed by atoms with E-state index >= 15 is 0 Å². The molecule has 1 saturated carbocycles. The molecule has 3 heteroatoms. The Morgan fingerprint density at radius 1 is 1.53 bits per heavy atom. The SMILES string of the molecule is CC(O)c1c(F)cccc1N(C)CC1CC1C. The Bertz CT molecular complexity index is 405. The van der Waals surface area contributed by atoms with E-state index in [0.717, 1.165) is 18.2 Å². The topological polar surface area (TPSA) is 23.5 Å². The van der Waals surface area contributed by atoms with Crippen LogP contribution in [0.3, 0.4) is 0 Å². The van der Waals surface area contributed by atoms with Gasteiger partial charge in [-0.15, -0.1) is 0 Å². The van der Waals surface area contributed by atoms with Crippen molar-refractivity contribution in [1.82, 2.24) is 0 Å². The molecule has 0 saturated heterocycles. The highest BCUT2D eigenvalue weighted by molar-refractivity contribution is 5.54. The van der Waals surface area contributed by atoms with E-state index < -0.39 is 6.10 Å². The van der Waals surface area contributed by atoms with E-state index in [-0.39, 0.29) is 5.82 Å². The van der Waals surface area contributed by atoms with Crippen LogP contribution in [0.2, 0.25) is 0 Å². The first-order valence-electron chi connectivity index (χ1n) is 6.18. The first-order valence-corrected chi connectivity index (χ1v) is 6.18. The average Bonchev–Trinajstić information content (AvgIpc) is 2.93. The lowest BCUT2D eigenvalue weighted by Crippen LogP contribution is -2.22. The summed E-state index contributed by atoms with van der Waals surface area (Å²) >= 11 is 0. The molecular weight excluding hydrogens is 217 g/mol. The number of anilines is 1. The smallest absolute Gasteiger partial charge is 0.131 e. The maximum atomic E-state index is 13.7. The zero-order valence-corrected chi connectivity index (χ0v) is 10.7. The van der Waals surface area contributed by atoms with Gasteiger partial charge in [0.15, 0.2) is 0 Å². The third-order valence-corrected chi connectivity index (χ3v) is 3.64. The van der Waals surface area contributed by atoms with Crippen LogP contribution in [0.1, 0.15) is 31.9 Å². The molecule has 0 aromatic heterocycles. The normalized spacial score (nSPS) is 24.5. The van der Waals surface area contributed by atoms with E-state index in [0.29, 0.717) is 11.5 Å². The Morgan fingerprint density at radius 3 is 2.71 bits per heavy atom. The Morgan fingerprint density at radius 2 is 2.18 bits per heavy atom. The van der Waals surface area contributed by atoms with Gasteiger partial charge in [0, 0.05) is 24.8 Å². The molecule has 0 amide bonds. The quantitative estimate of drug-likeness (QED) is 0.870. The second-order valence-electron chi connectivity index (χ2n) is 5.20. The van der Waals surface area contributed by atoms with Gasteiger partial charge in [-0.05, 0) is 37.3 Å². The fraction of sp³-hybridized carbons (Fsp3) is 0.571. The third kappa shape index (κ3) is 2.60. The number of hydrogen-bond donors (Lipinski definition) is 1. The van der Waals surface area contributed by atoms with Gasteiger partial charge < -0.3 is 10.0 Å². The Hall–Kier alpha value is -1.09. The van der Waals surface area contributed by atoms with E-state index in [4.69, 9.17) is 0 Å². The van der Waals surface area contributed by atoms with Crippen LogP contribution in [-0.2, 0) is 0 Å². The highest BCUT2D eigenvalue weighted by Crippen LogP contribution is 2.39. The summed E-state index contributed by atoms with van der Waals surface area (Å²) < 4.78 is 13.7. The molecular formula is C14H20FNO. The van der Waals surface area contributed by atoms with Gasteiger partial charge in [-0.1, -0.05) is 13.0 Å². The van der Waals surface area contributed by atoms with Crippen molar-refractivity contribution in [1.29, 1.82) is 0 Å². The molecule has 1 N–H and O–H groups in total. The molecule has 0 aliphatic heterocycles. The summed E-state index contributed by atoms with van der Waals surface area (Å²) in [5.41, 5.74) is 1.21. The van der Waals surface area contributed by atoms with E-state index in [1.165, 1.54) is 12.5 Å². The minimum absolute atomic E-state index is 0.326. The van der Waals surface area contributed by atoms with Crippen molar-refractivity contribution >= 4 is 5.69 Å². The first-order chi connectivity index (χ1) is 8.00. The third-order valence-electron chi connectivity index (χ3n) is 3.64. The highest BCUT2D eigenvalue weighted by Gasteiger charge is 2.33. The summed E-state index contributed by atoms with van der Waals surface area (Å²) in [7, 11) is 1.96. The number of aliphatic hydroxyl groups excluding tert-OH is 1. The van der Waals surface area contributed by atoms with E-state index in [2.05, 4.69) is 11.8 Å². The lowest BCUT2D eigenvalue weighted by molar-refractivity contribution is 0.194. The molecule has 1 aliphatic rings. The lowest BCUT2D eigenvalue weighted by atomic mass is 10.1. The number of rotatable bonds is 4. The highest BCUT2D eigenvalue weighted by atomic mass is 19.1. The number of aliphatic hydroxyl groups is 1. The van der Waals surface area contributed by atoms with Crippen molar-refractivity contribution in [3.8, 4) is 0 Å². The van der Waals surface area contributed by atoms with E-state index in [9.17, 15) is 9.50 Å². The lowest BCUT2D eigenvalue weighted by Gasteiger charge is -2.24. The first kappa shape index (κ1) is 12.4. The molecule has 1 fully saturated rings. The zero-order valence-electron chi connectivity index (χ0n) is 10.7. The van der Waals surface area contributed by atoms with Gasteiger partial charge in [0.1, 0.15) is 5.82 Å². The monoisotopic (exact) mass is 237 g/mol. The van der Waals surface area contributed by atoms with Crippen LogP contribution in [0.4, 0.5) is 10.1 Å². The molecule has 2 nitrogen and oxygen atoms in total. The van der Waals surface area contributed by atoms with Crippen molar-refractivity contribution in [2.75, 3.05) is 18.5 Å². The summed E-state index contributed by atoms with van der Waals surface area (Å²) in [5, 5.41) is 9.67. The molecule has 3 atom stereocenters. The Labute approximate surface area is 102 Å². The summed E-state index contributed by atoms with van der Waals surface area (Å²) in [6.07, 6.45) is 0.481. The summed E-state index contributed by atoms with van der Waals surface area (Å²) in [5.74, 6) is 1.17. The molecule has 0 spiro atoms. The van der Waals surface area contributed by atoms with Crippen LogP contribution in [0, 0.1) is 17.7 Å². The molecule has 0 heterocycles. The van der Waals surface area contributed by atoms with Crippen molar-refractivity contribution in [3.63, 3.8) is 0 Å². The van der Waals surface area contributed by atoms with Gasteiger partial charge in [0.05, 0.1) is 6.10 Å². The zero-order chi connectivity index (χ0) is 12.6. The molecule has 1 aromatic rings. The minimum Gasteiger partial charge on any atom is -0.389 e. The standard InChI is InChI=1S/C14H20FNO/c1-9-7-11(9)8-16(3)13-6-4-5-12(15)14(13)10(2)17/h4-6,9-11,17H,7-8H2,1-3H3.